The van der Waals surface area contributed by atoms with Crippen molar-refractivity contribution >= 4 is 16.0 Å². The lowest BCUT2D eigenvalue weighted by atomic mass is 10.2. The molecule has 106 valence electrons. The Balaban J connectivity index is 2.75. The van der Waals surface area contributed by atoms with Gasteiger partial charge in [0.15, 0.2) is 0 Å². The van der Waals surface area contributed by atoms with Gasteiger partial charge >= 0.3 is 5.97 Å². The van der Waals surface area contributed by atoms with Gasteiger partial charge in [-0.15, -0.1) is 0 Å². The van der Waals surface area contributed by atoms with Crippen LogP contribution in [-0.4, -0.2) is 37.4 Å². The lowest BCUT2D eigenvalue weighted by molar-refractivity contribution is -0.137. The van der Waals surface area contributed by atoms with Crippen LogP contribution in [0.2, 0.25) is 0 Å². The summed E-state index contributed by atoms with van der Waals surface area (Å²) in [6, 6.07) is 6.75. The highest BCUT2D eigenvalue weighted by molar-refractivity contribution is 7.89. The molecule has 0 aliphatic heterocycles. The molecule has 5 nitrogen and oxygen atoms in total. The van der Waals surface area contributed by atoms with Crippen LogP contribution in [0.25, 0.3) is 0 Å². The van der Waals surface area contributed by atoms with Gasteiger partial charge < -0.3 is 5.11 Å². The van der Waals surface area contributed by atoms with E-state index in [9.17, 15) is 13.2 Å². The molecule has 0 aliphatic rings. The number of hydrogen-bond acceptors (Lipinski definition) is 3. The van der Waals surface area contributed by atoms with E-state index in [1.54, 1.807) is 24.3 Å². The van der Waals surface area contributed by atoms with Crippen molar-refractivity contribution in [3.63, 3.8) is 0 Å². The molecule has 1 aromatic rings. The minimum Gasteiger partial charge on any atom is -0.481 e. The fraction of sp³-hybridized carbons (Fsp3) is 0.462. The van der Waals surface area contributed by atoms with E-state index in [-0.39, 0.29) is 17.9 Å². The number of carbonyl (C=O) groups is 1. The molecule has 0 amide bonds. The molecule has 0 aromatic heterocycles. The first-order chi connectivity index (χ1) is 8.87. The number of carboxylic acids is 1. The van der Waals surface area contributed by atoms with Gasteiger partial charge in [-0.05, 0) is 30.5 Å². The van der Waals surface area contributed by atoms with Gasteiger partial charge in [0, 0.05) is 20.0 Å². The van der Waals surface area contributed by atoms with Gasteiger partial charge in [-0.3, -0.25) is 4.79 Å². The van der Waals surface area contributed by atoms with Crippen LogP contribution in [0.5, 0.6) is 0 Å². The van der Waals surface area contributed by atoms with E-state index in [0.29, 0.717) is 6.42 Å². The van der Waals surface area contributed by atoms with Gasteiger partial charge in [-0.2, -0.15) is 0 Å². The zero-order valence-electron chi connectivity index (χ0n) is 11.2. The van der Waals surface area contributed by atoms with Gasteiger partial charge in [0.05, 0.1) is 4.90 Å². The van der Waals surface area contributed by atoms with Crippen molar-refractivity contribution in [2.75, 3.05) is 13.6 Å². The molecule has 1 aromatic carbocycles. The van der Waals surface area contributed by atoms with Crippen molar-refractivity contribution in [2.24, 2.45) is 0 Å². The van der Waals surface area contributed by atoms with Gasteiger partial charge in [0.2, 0.25) is 10.0 Å². The first-order valence-corrected chi connectivity index (χ1v) is 7.59. The van der Waals surface area contributed by atoms with E-state index in [1.165, 1.54) is 11.4 Å². The Morgan fingerprint density at radius 1 is 1.26 bits per heavy atom. The number of carboxylic acid groups (broad SMARTS) is 1. The summed E-state index contributed by atoms with van der Waals surface area (Å²) >= 11 is 0. The quantitative estimate of drug-likeness (QED) is 0.828. The summed E-state index contributed by atoms with van der Waals surface area (Å²) in [5, 5.41) is 8.54. The summed E-state index contributed by atoms with van der Waals surface area (Å²) in [4.78, 5) is 10.6. The molecule has 0 unspecified atom stereocenters. The maximum Gasteiger partial charge on any atom is 0.303 e. The number of rotatable bonds is 7. The second kappa shape index (κ2) is 6.68. The molecular formula is C13H19NO4S. The minimum absolute atomic E-state index is 0.0331. The molecule has 1 rings (SSSR count). The molecule has 0 spiro atoms. The first-order valence-electron chi connectivity index (χ1n) is 6.15. The molecule has 1 N–H and O–H groups in total. The van der Waals surface area contributed by atoms with Crippen LogP contribution in [0.15, 0.2) is 29.2 Å². The number of benzene rings is 1. The molecule has 19 heavy (non-hydrogen) atoms. The standard InChI is InChI=1S/C13H19NO4S/c1-3-11-6-8-12(9-7-11)19(17,18)14(2)10-4-5-13(15)16/h6-9H,3-5,10H2,1-2H3,(H,15,16). The highest BCUT2D eigenvalue weighted by Gasteiger charge is 2.20. The minimum atomic E-state index is -3.52. The molecule has 0 bridgehead atoms. The zero-order valence-corrected chi connectivity index (χ0v) is 12.0. The summed E-state index contributed by atoms with van der Waals surface area (Å²) in [6.45, 7) is 2.20. The molecule has 0 saturated carbocycles. The topological polar surface area (TPSA) is 74.7 Å². The van der Waals surface area contributed by atoms with Crippen LogP contribution in [0.1, 0.15) is 25.3 Å². The summed E-state index contributed by atoms with van der Waals surface area (Å²) in [7, 11) is -2.06. The summed E-state index contributed by atoms with van der Waals surface area (Å²) in [5.41, 5.74) is 1.08. The Morgan fingerprint density at radius 3 is 2.32 bits per heavy atom. The predicted molar refractivity (Wildman–Crippen MR) is 72.5 cm³/mol. The molecule has 0 heterocycles. The van der Waals surface area contributed by atoms with Crippen LogP contribution in [0.3, 0.4) is 0 Å². The smallest absolute Gasteiger partial charge is 0.303 e. The van der Waals surface area contributed by atoms with Crippen LogP contribution in [0.4, 0.5) is 0 Å². The SMILES string of the molecule is CCc1ccc(S(=O)(=O)N(C)CCCC(=O)O)cc1. The van der Waals surface area contributed by atoms with Crippen molar-refractivity contribution in [2.45, 2.75) is 31.1 Å². The third-order valence-corrected chi connectivity index (χ3v) is 4.77. The van der Waals surface area contributed by atoms with Gasteiger partial charge in [-0.1, -0.05) is 19.1 Å². The lowest BCUT2D eigenvalue weighted by Gasteiger charge is -2.16. The van der Waals surface area contributed by atoms with Gasteiger partial charge in [0.25, 0.3) is 0 Å². The molecular weight excluding hydrogens is 266 g/mol. The third-order valence-electron chi connectivity index (χ3n) is 2.90. The van der Waals surface area contributed by atoms with Crippen LogP contribution >= 0.6 is 0 Å². The third kappa shape index (κ3) is 4.33. The van der Waals surface area contributed by atoms with Crippen molar-refractivity contribution < 1.29 is 18.3 Å². The van der Waals surface area contributed by atoms with Crippen molar-refractivity contribution in [1.29, 1.82) is 0 Å². The lowest BCUT2D eigenvalue weighted by Crippen LogP contribution is -2.28. The molecule has 0 atom stereocenters. The monoisotopic (exact) mass is 285 g/mol. The number of hydrogen-bond donors (Lipinski definition) is 1. The first kappa shape index (κ1) is 15.7. The number of nitrogens with zero attached hydrogens (tertiary/aromatic N) is 1. The maximum atomic E-state index is 12.2. The molecule has 6 heteroatoms. The fourth-order valence-corrected chi connectivity index (χ4v) is 2.86. The fourth-order valence-electron chi connectivity index (χ4n) is 1.65. The Morgan fingerprint density at radius 2 is 1.84 bits per heavy atom. The molecule has 0 saturated heterocycles. The van der Waals surface area contributed by atoms with E-state index in [4.69, 9.17) is 5.11 Å². The number of aliphatic carboxylic acids is 1. The second-order valence-electron chi connectivity index (χ2n) is 4.32. The summed E-state index contributed by atoms with van der Waals surface area (Å²) in [6.07, 6.45) is 1.13. The van der Waals surface area contributed by atoms with E-state index in [0.717, 1.165) is 12.0 Å². The average Bonchev–Trinajstić information content (AvgIpc) is 2.38. The van der Waals surface area contributed by atoms with Crippen molar-refractivity contribution in [3.8, 4) is 0 Å². The Kier molecular flexibility index (Phi) is 5.50. The van der Waals surface area contributed by atoms with Crippen LogP contribution in [0, 0.1) is 0 Å². The zero-order chi connectivity index (χ0) is 14.5. The average molecular weight is 285 g/mol. The van der Waals surface area contributed by atoms with Crippen LogP contribution < -0.4 is 0 Å². The summed E-state index contributed by atoms with van der Waals surface area (Å²) in [5.74, 6) is -0.918. The number of sulfonamides is 1. The van der Waals surface area contributed by atoms with Gasteiger partial charge in [-0.25, -0.2) is 12.7 Å². The Hall–Kier alpha value is -1.40. The molecule has 0 radical (unpaired) electrons. The molecule has 0 aliphatic carbocycles. The Bertz CT molecular complexity index is 522. The van der Waals surface area contributed by atoms with Gasteiger partial charge in [0.1, 0.15) is 0 Å². The highest BCUT2D eigenvalue weighted by atomic mass is 32.2. The van der Waals surface area contributed by atoms with Crippen molar-refractivity contribution in [3.05, 3.63) is 29.8 Å². The van der Waals surface area contributed by atoms with E-state index in [2.05, 4.69) is 0 Å². The summed E-state index contributed by atoms with van der Waals surface area (Å²) < 4.78 is 25.6. The maximum absolute atomic E-state index is 12.2. The highest BCUT2D eigenvalue weighted by Crippen LogP contribution is 2.16. The number of aryl methyl sites for hydroxylation is 1. The van der Waals surface area contributed by atoms with E-state index < -0.39 is 16.0 Å². The second-order valence-corrected chi connectivity index (χ2v) is 6.37. The molecule has 0 fully saturated rings. The normalized spacial score (nSPS) is 11.7. The van der Waals surface area contributed by atoms with Crippen LogP contribution in [-0.2, 0) is 21.2 Å². The van der Waals surface area contributed by atoms with E-state index >= 15 is 0 Å². The predicted octanol–water partition coefficient (Wildman–Crippen LogP) is 1.73. The Labute approximate surface area is 113 Å². The van der Waals surface area contributed by atoms with Crippen molar-refractivity contribution in [1.82, 2.24) is 4.31 Å². The van der Waals surface area contributed by atoms with E-state index in [1.807, 2.05) is 6.92 Å². The largest absolute Gasteiger partial charge is 0.481 e.